The van der Waals surface area contributed by atoms with Crippen LogP contribution in [0.3, 0.4) is 0 Å². The van der Waals surface area contributed by atoms with Gasteiger partial charge < -0.3 is 24.8 Å². The molecule has 3 N–H and O–H groups in total. The summed E-state index contributed by atoms with van der Waals surface area (Å²) in [7, 11) is 3.43. The standard InChI is InChI=1S/C23H37NO5/c1-5-24-11-20(2)7-6-16(25)23-13-8-12-14(28-3)9-22(29-4,17(13)18(12)26)21(27,19(23)24)10-15(20)23/h12-19,25-27H,5-11H2,1-4H3/t12-,13-,14+,15-,16+,17-,18+,19-,20+,21+,22-,23-/m1/s1. The van der Waals surface area contributed by atoms with Gasteiger partial charge in [0.15, 0.2) is 0 Å². The van der Waals surface area contributed by atoms with E-state index >= 15 is 0 Å². The molecule has 7 bridgehead atoms. The molecule has 1 heterocycles. The molecule has 6 heteroatoms. The molecular formula is C23H37NO5. The van der Waals surface area contributed by atoms with Gasteiger partial charge in [-0.05, 0) is 49.5 Å². The van der Waals surface area contributed by atoms with Crippen molar-refractivity contribution in [3.63, 3.8) is 0 Å². The second-order valence-corrected chi connectivity index (χ2v) is 11.4. The van der Waals surface area contributed by atoms with Crippen molar-refractivity contribution in [1.82, 2.24) is 4.90 Å². The third-order valence-corrected chi connectivity index (χ3v) is 11.1. The summed E-state index contributed by atoms with van der Waals surface area (Å²) in [5.41, 5.74) is -2.18. The van der Waals surface area contributed by atoms with Crippen molar-refractivity contribution >= 4 is 0 Å². The van der Waals surface area contributed by atoms with E-state index in [1.165, 1.54) is 0 Å². The molecule has 1 aliphatic heterocycles. The predicted molar refractivity (Wildman–Crippen MR) is 106 cm³/mol. The van der Waals surface area contributed by atoms with E-state index in [0.29, 0.717) is 12.8 Å². The Morgan fingerprint density at radius 3 is 2.59 bits per heavy atom. The number of aliphatic hydroxyl groups excluding tert-OH is 2. The molecule has 5 aliphatic carbocycles. The van der Waals surface area contributed by atoms with E-state index in [9.17, 15) is 15.3 Å². The maximum absolute atomic E-state index is 12.6. The van der Waals surface area contributed by atoms with Crippen molar-refractivity contribution in [1.29, 1.82) is 0 Å². The van der Waals surface area contributed by atoms with Crippen LogP contribution in [0.25, 0.3) is 0 Å². The van der Waals surface area contributed by atoms with Crippen molar-refractivity contribution in [3.8, 4) is 0 Å². The summed E-state index contributed by atoms with van der Waals surface area (Å²) in [6.07, 6.45) is 2.87. The second kappa shape index (κ2) is 5.57. The highest BCUT2D eigenvalue weighted by Gasteiger charge is 2.88. The van der Waals surface area contributed by atoms with Crippen LogP contribution < -0.4 is 0 Å². The molecule has 12 atom stereocenters. The first-order valence-electron chi connectivity index (χ1n) is 11.7. The Bertz CT molecular complexity index is 734. The predicted octanol–water partition coefficient (Wildman–Crippen LogP) is 1.02. The molecule has 6 aliphatic rings. The van der Waals surface area contributed by atoms with Gasteiger partial charge in [-0.2, -0.15) is 0 Å². The third-order valence-electron chi connectivity index (χ3n) is 11.1. The van der Waals surface area contributed by atoms with E-state index in [0.717, 1.165) is 32.4 Å². The Morgan fingerprint density at radius 2 is 1.93 bits per heavy atom. The van der Waals surface area contributed by atoms with Crippen LogP contribution >= 0.6 is 0 Å². The summed E-state index contributed by atoms with van der Waals surface area (Å²) in [6.45, 7) is 6.40. The Labute approximate surface area is 173 Å². The topological polar surface area (TPSA) is 82.4 Å². The molecule has 0 amide bonds. The van der Waals surface area contributed by atoms with Crippen LogP contribution in [0, 0.1) is 34.5 Å². The van der Waals surface area contributed by atoms with Crippen LogP contribution in [0.5, 0.6) is 0 Å². The molecule has 0 radical (unpaired) electrons. The van der Waals surface area contributed by atoms with Crippen LogP contribution in [-0.4, -0.2) is 83.1 Å². The molecule has 6 fully saturated rings. The maximum Gasteiger partial charge on any atom is 0.110 e. The lowest BCUT2D eigenvalue weighted by atomic mass is 9.43. The third kappa shape index (κ3) is 1.74. The van der Waals surface area contributed by atoms with Gasteiger partial charge in [0.1, 0.15) is 11.2 Å². The van der Waals surface area contributed by atoms with Gasteiger partial charge in [0.25, 0.3) is 0 Å². The minimum atomic E-state index is -1.08. The quantitative estimate of drug-likeness (QED) is 0.648. The molecule has 164 valence electrons. The number of fused-ring (bicyclic) bond motifs is 2. The van der Waals surface area contributed by atoms with Gasteiger partial charge in [-0.25, -0.2) is 0 Å². The fourth-order valence-electron chi connectivity index (χ4n) is 10.4. The van der Waals surface area contributed by atoms with Crippen molar-refractivity contribution in [3.05, 3.63) is 0 Å². The highest BCUT2D eigenvalue weighted by Crippen LogP contribution is 2.80. The molecule has 6 rings (SSSR count). The number of hydrogen-bond acceptors (Lipinski definition) is 6. The summed E-state index contributed by atoms with van der Waals surface area (Å²) in [5, 5.41) is 35.8. The summed E-state index contributed by atoms with van der Waals surface area (Å²) >= 11 is 0. The van der Waals surface area contributed by atoms with Crippen LogP contribution in [0.4, 0.5) is 0 Å². The van der Waals surface area contributed by atoms with E-state index in [1.807, 2.05) is 0 Å². The number of aliphatic hydroxyl groups is 3. The lowest BCUT2D eigenvalue weighted by molar-refractivity contribution is -0.316. The normalized spacial score (nSPS) is 65.1. The molecule has 6 nitrogen and oxygen atoms in total. The summed E-state index contributed by atoms with van der Waals surface area (Å²) in [4.78, 5) is 2.46. The number of likely N-dealkylation sites (N-methyl/N-ethyl adjacent to an activating group) is 1. The molecule has 0 aromatic heterocycles. The Hall–Kier alpha value is -0.240. The van der Waals surface area contributed by atoms with Crippen molar-refractivity contribution in [2.45, 2.75) is 81.5 Å². The number of ether oxygens (including phenoxy) is 2. The van der Waals surface area contributed by atoms with Gasteiger partial charge in [0, 0.05) is 50.5 Å². The van der Waals surface area contributed by atoms with Crippen molar-refractivity contribution < 1.29 is 24.8 Å². The SMILES string of the molecule is CCN1C[C@]2(C)CC[C@H](O)[C@@]34[C@@H]5C[C@H]6[C@H](O)[C@@H]5[C@](OC)(C[C@@H]6OC)[C@](O)(C[C@H]23)[C@@H]14. The fourth-order valence-corrected chi connectivity index (χ4v) is 10.4. The van der Waals surface area contributed by atoms with Crippen LogP contribution in [0.15, 0.2) is 0 Å². The molecule has 1 spiro atoms. The van der Waals surface area contributed by atoms with E-state index in [-0.39, 0.29) is 46.6 Å². The first kappa shape index (κ1) is 19.4. The maximum atomic E-state index is 12.6. The molecule has 1 saturated heterocycles. The number of nitrogens with zero attached hydrogens (tertiary/aromatic N) is 1. The molecular weight excluding hydrogens is 370 g/mol. The lowest BCUT2D eigenvalue weighted by Gasteiger charge is -2.70. The highest BCUT2D eigenvalue weighted by molar-refractivity contribution is 5.38. The highest BCUT2D eigenvalue weighted by atomic mass is 16.5. The smallest absolute Gasteiger partial charge is 0.110 e. The number of likely N-dealkylation sites (tertiary alicyclic amines) is 1. The zero-order chi connectivity index (χ0) is 20.6. The van der Waals surface area contributed by atoms with Gasteiger partial charge >= 0.3 is 0 Å². The molecule has 0 aromatic carbocycles. The van der Waals surface area contributed by atoms with E-state index in [4.69, 9.17) is 9.47 Å². The summed E-state index contributed by atoms with van der Waals surface area (Å²) in [5.74, 6) is 0.353. The van der Waals surface area contributed by atoms with Gasteiger partial charge in [0.2, 0.25) is 0 Å². The van der Waals surface area contributed by atoms with E-state index in [1.54, 1.807) is 14.2 Å². The van der Waals surface area contributed by atoms with Crippen molar-refractivity contribution in [2.75, 3.05) is 27.3 Å². The zero-order valence-corrected chi connectivity index (χ0v) is 18.2. The first-order chi connectivity index (χ1) is 13.7. The lowest BCUT2D eigenvalue weighted by Crippen LogP contribution is -2.81. The first-order valence-corrected chi connectivity index (χ1v) is 11.7. The molecule has 29 heavy (non-hydrogen) atoms. The van der Waals surface area contributed by atoms with Crippen LogP contribution in [-0.2, 0) is 9.47 Å². The zero-order valence-electron chi connectivity index (χ0n) is 18.2. The second-order valence-electron chi connectivity index (χ2n) is 11.4. The monoisotopic (exact) mass is 407 g/mol. The largest absolute Gasteiger partial charge is 0.392 e. The Kier molecular flexibility index (Phi) is 3.73. The summed E-state index contributed by atoms with van der Waals surface area (Å²) in [6, 6.07) is -0.115. The average molecular weight is 408 g/mol. The molecule has 5 saturated carbocycles. The number of methoxy groups -OCH3 is 2. The van der Waals surface area contributed by atoms with Gasteiger partial charge in [-0.1, -0.05) is 13.8 Å². The Balaban J connectivity index is 1.65. The van der Waals surface area contributed by atoms with Crippen molar-refractivity contribution in [2.24, 2.45) is 34.5 Å². The Morgan fingerprint density at radius 1 is 1.17 bits per heavy atom. The minimum Gasteiger partial charge on any atom is -0.392 e. The van der Waals surface area contributed by atoms with E-state index < -0.39 is 23.4 Å². The summed E-state index contributed by atoms with van der Waals surface area (Å²) < 4.78 is 12.2. The number of hydrogen-bond donors (Lipinski definition) is 3. The average Bonchev–Trinajstić information content (AvgIpc) is 3.07. The van der Waals surface area contributed by atoms with Gasteiger partial charge in [0.05, 0.1) is 18.3 Å². The number of rotatable bonds is 3. The van der Waals surface area contributed by atoms with Gasteiger partial charge in [-0.15, -0.1) is 0 Å². The molecule has 0 unspecified atom stereocenters. The molecule has 0 aromatic rings. The number of piperidine rings is 1. The van der Waals surface area contributed by atoms with Crippen LogP contribution in [0.2, 0.25) is 0 Å². The fraction of sp³-hybridized carbons (Fsp3) is 1.00. The van der Waals surface area contributed by atoms with Crippen LogP contribution in [0.1, 0.15) is 46.0 Å². The van der Waals surface area contributed by atoms with E-state index in [2.05, 4.69) is 18.7 Å². The van der Waals surface area contributed by atoms with Gasteiger partial charge in [-0.3, -0.25) is 4.90 Å². The minimum absolute atomic E-state index is 0.0618.